The maximum atomic E-state index is 12.4. The lowest BCUT2D eigenvalue weighted by molar-refractivity contribution is -0.213. The molecular formula is C28H40N2O4. The monoisotopic (exact) mass is 468 g/mol. The summed E-state index contributed by atoms with van der Waals surface area (Å²) in [5.41, 5.74) is 1.51. The zero-order chi connectivity index (χ0) is 24.8. The number of rotatable bonds is 3. The molecule has 34 heavy (non-hydrogen) atoms. The van der Waals surface area contributed by atoms with Gasteiger partial charge in [-0.05, 0) is 48.9 Å². The molecule has 3 heterocycles. The van der Waals surface area contributed by atoms with Gasteiger partial charge in [-0.15, -0.1) is 0 Å². The summed E-state index contributed by atoms with van der Waals surface area (Å²) in [4.78, 5) is 17.1. The molecule has 0 amide bonds. The first-order valence-electron chi connectivity index (χ1n) is 12.6. The second kappa shape index (κ2) is 7.23. The molecule has 1 saturated carbocycles. The molecule has 0 radical (unpaired) electrons. The van der Waals surface area contributed by atoms with Crippen molar-refractivity contribution in [2.24, 2.45) is 5.41 Å². The molecule has 1 aromatic rings. The number of benzene rings is 1. The van der Waals surface area contributed by atoms with E-state index in [2.05, 4.69) is 68.8 Å². The number of esters is 1. The SMILES string of the molecule is CCC12C=CCN3CCC4(c5cc(C(C)(C)C)c(OC)cc5N(C)C4C(C)(O)C1OC(C)=O)C32. The first-order chi connectivity index (χ1) is 15.9. The van der Waals surface area contributed by atoms with Gasteiger partial charge in [-0.3, -0.25) is 9.69 Å². The Bertz CT molecular complexity index is 1060. The number of likely N-dealkylation sites (N-methyl/N-ethyl adjacent to an activating group) is 1. The molecule has 0 bridgehead atoms. The molecule has 3 aliphatic heterocycles. The number of methoxy groups -OCH3 is 1. The topological polar surface area (TPSA) is 62.2 Å². The minimum Gasteiger partial charge on any atom is -0.496 e. The van der Waals surface area contributed by atoms with E-state index in [1.54, 1.807) is 7.11 Å². The zero-order valence-corrected chi connectivity index (χ0v) is 21.9. The van der Waals surface area contributed by atoms with Crippen LogP contribution in [-0.4, -0.2) is 67.0 Å². The van der Waals surface area contributed by atoms with E-state index in [9.17, 15) is 9.90 Å². The van der Waals surface area contributed by atoms with E-state index in [0.29, 0.717) is 0 Å². The quantitative estimate of drug-likeness (QED) is 0.538. The Morgan fingerprint density at radius 1 is 1.26 bits per heavy atom. The van der Waals surface area contributed by atoms with Crippen LogP contribution in [0.5, 0.6) is 5.75 Å². The first kappa shape index (κ1) is 23.7. The number of aliphatic hydroxyl groups is 1. The van der Waals surface area contributed by atoms with E-state index in [4.69, 9.17) is 9.47 Å². The second-order valence-corrected chi connectivity index (χ2v) is 12.1. The Kier molecular flexibility index (Phi) is 5.04. The number of hydrogen-bond donors (Lipinski definition) is 1. The Balaban J connectivity index is 1.84. The van der Waals surface area contributed by atoms with Crippen LogP contribution in [0, 0.1) is 5.41 Å². The van der Waals surface area contributed by atoms with E-state index in [1.165, 1.54) is 18.1 Å². The molecule has 1 aromatic carbocycles. The van der Waals surface area contributed by atoms with Gasteiger partial charge in [0.05, 0.1) is 13.2 Å². The molecule has 1 saturated heterocycles. The van der Waals surface area contributed by atoms with Gasteiger partial charge in [0.15, 0.2) is 0 Å². The molecule has 4 aliphatic rings. The van der Waals surface area contributed by atoms with Crippen LogP contribution >= 0.6 is 0 Å². The van der Waals surface area contributed by atoms with Crippen molar-refractivity contribution >= 4 is 11.7 Å². The van der Waals surface area contributed by atoms with Gasteiger partial charge in [-0.25, -0.2) is 0 Å². The Morgan fingerprint density at radius 2 is 1.97 bits per heavy atom. The molecule has 1 N–H and O–H groups in total. The summed E-state index contributed by atoms with van der Waals surface area (Å²) in [6.07, 6.45) is 5.58. The molecule has 6 unspecified atom stereocenters. The lowest BCUT2D eigenvalue weighted by Crippen LogP contribution is -2.78. The summed E-state index contributed by atoms with van der Waals surface area (Å²) >= 11 is 0. The lowest BCUT2D eigenvalue weighted by atomic mass is 9.48. The van der Waals surface area contributed by atoms with Gasteiger partial charge >= 0.3 is 5.97 Å². The highest BCUT2D eigenvalue weighted by Crippen LogP contribution is 2.67. The van der Waals surface area contributed by atoms with Gasteiger partial charge in [0.1, 0.15) is 17.5 Å². The number of carbonyl (C=O) groups excluding carboxylic acids is 1. The summed E-state index contributed by atoms with van der Waals surface area (Å²) in [6.45, 7) is 14.0. The highest BCUT2D eigenvalue weighted by atomic mass is 16.6. The van der Waals surface area contributed by atoms with Crippen molar-refractivity contribution in [2.45, 2.75) is 89.0 Å². The molecule has 1 spiro atoms. The van der Waals surface area contributed by atoms with Gasteiger partial charge in [0.2, 0.25) is 0 Å². The van der Waals surface area contributed by atoms with Crippen molar-refractivity contribution < 1.29 is 19.4 Å². The number of nitrogens with zero attached hydrogens (tertiary/aromatic N) is 2. The minimum atomic E-state index is -1.25. The molecule has 6 nitrogen and oxygen atoms in total. The summed E-state index contributed by atoms with van der Waals surface area (Å²) in [5, 5.41) is 12.4. The number of fused-ring (bicyclic) bond motifs is 1. The molecule has 6 atom stereocenters. The van der Waals surface area contributed by atoms with Crippen molar-refractivity contribution in [1.29, 1.82) is 0 Å². The van der Waals surface area contributed by atoms with Crippen molar-refractivity contribution in [2.75, 3.05) is 32.1 Å². The summed E-state index contributed by atoms with van der Waals surface area (Å²) < 4.78 is 11.9. The van der Waals surface area contributed by atoms with E-state index in [-0.39, 0.29) is 28.9 Å². The van der Waals surface area contributed by atoms with Gasteiger partial charge in [-0.2, -0.15) is 0 Å². The first-order valence-corrected chi connectivity index (χ1v) is 12.6. The third-order valence-electron chi connectivity index (χ3n) is 9.29. The lowest BCUT2D eigenvalue weighted by Gasteiger charge is -2.64. The molecular weight excluding hydrogens is 428 g/mol. The van der Waals surface area contributed by atoms with Crippen LogP contribution in [0.15, 0.2) is 24.3 Å². The number of ether oxygens (including phenoxy) is 2. The standard InChI is InChI=1S/C28H40N2O4/c1-9-27-11-10-13-30-14-12-28(23(27)30)18-15-19(25(3,4)5)21(33-8)16-20(18)29(7)22(28)26(6,32)24(27)34-17(2)31/h10-11,15-16,22-24,32H,9,12-14H2,1-8H3. The van der Waals surface area contributed by atoms with Crippen LogP contribution in [0.4, 0.5) is 5.69 Å². The Morgan fingerprint density at radius 3 is 2.56 bits per heavy atom. The fraction of sp³-hybridized carbons (Fsp3) is 0.679. The summed E-state index contributed by atoms with van der Waals surface area (Å²) in [5.74, 6) is 0.536. The van der Waals surface area contributed by atoms with Crippen LogP contribution in [0.3, 0.4) is 0 Å². The largest absolute Gasteiger partial charge is 0.496 e. The van der Waals surface area contributed by atoms with Crippen LogP contribution in [0.25, 0.3) is 0 Å². The number of hydrogen-bond acceptors (Lipinski definition) is 6. The third kappa shape index (κ3) is 2.73. The van der Waals surface area contributed by atoms with E-state index in [1.807, 2.05) is 6.92 Å². The van der Waals surface area contributed by atoms with Crippen LogP contribution in [0.1, 0.15) is 65.5 Å². The fourth-order valence-corrected chi connectivity index (χ4v) is 8.35. The molecule has 0 aromatic heterocycles. The number of carbonyl (C=O) groups is 1. The Labute approximate surface area is 203 Å². The summed E-state index contributed by atoms with van der Waals surface area (Å²) in [7, 11) is 3.81. The Hall–Kier alpha value is -2.05. The van der Waals surface area contributed by atoms with E-state index in [0.717, 1.165) is 37.4 Å². The predicted molar refractivity (Wildman–Crippen MR) is 134 cm³/mol. The van der Waals surface area contributed by atoms with Gasteiger partial charge in [-0.1, -0.05) is 39.8 Å². The maximum Gasteiger partial charge on any atom is 0.303 e. The van der Waals surface area contributed by atoms with E-state index >= 15 is 0 Å². The molecule has 186 valence electrons. The van der Waals surface area contributed by atoms with Gasteiger partial charge < -0.3 is 19.5 Å². The van der Waals surface area contributed by atoms with Gasteiger partial charge in [0.25, 0.3) is 0 Å². The molecule has 5 rings (SSSR count). The third-order valence-corrected chi connectivity index (χ3v) is 9.29. The van der Waals surface area contributed by atoms with Crippen molar-refractivity contribution in [3.63, 3.8) is 0 Å². The molecule has 6 heteroatoms. The zero-order valence-electron chi connectivity index (χ0n) is 21.9. The van der Waals surface area contributed by atoms with Gasteiger partial charge in [0, 0.05) is 49.1 Å². The van der Waals surface area contributed by atoms with E-state index < -0.39 is 17.1 Å². The maximum absolute atomic E-state index is 12.4. The van der Waals surface area contributed by atoms with Crippen molar-refractivity contribution in [1.82, 2.24) is 4.90 Å². The average molecular weight is 469 g/mol. The molecule has 2 fully saturated rings. The second-order valence-electron chi connectivity index (χ2n) is 12.1. The van der Waals surface area contributed by atoms with Crippen LogP contribution < -0.4 is 9.64 Å². The average Bonchev–Trinajstić information content (AvgIpc) is 3.27. The number of anilines is 1. The van der Waals surface area contributed by atoms with Crippen LogP contribution in [-0.2, 0) is 20.4 Å². The fourth-order valence-electron chi connectivity index (χ4n) is 8.35. The van der Waals surface area contributed by atoms with Crippen molar-refractivity contribution in [3.05, 3.63) is 35.4 Å². The minimum absolute atomic E-state index is 0.0856. The summed E-state index contributed by atoms with van der Waals surface area (Å²) in [6, 6.07) is 4.43. The molecule has 1 aliphatic carbocycles. The predicted octanol–water partition coefficient (Wildman–Crippen LogP) is 3.79. The normalized spacial score (nSPS) is 38.4. The highest BCUT2D eigenvalue weighted by Gasteiger charge is 2.76. The van der Waals surface area contributed by atoms with Crippen molar-refractivity contribution in [3.8, 4) is 5.75 Å². The van der Waals surface area contributed by atoms with Crippen LogP contribution in [0.2, 0.25) is 0 Å². The smallest absolute Gasteiger partial charge is 0.303 e. The highest BCUT2D eigenvalue weighted by molar-refractivity contribution is 5.72.